The quantitative estimate of drug-likeness (QED) is 0.522. The molecule has 3 N–H and O–H groups in total. The Hall–Kier alpha value is -0.610. The van der Waals surface area contributed by atoms with Crippen molar-refractivity contribution in [3.05, 3.63) is 0 Å². The van der Waals surface area contributed by atoms with Crippen molar-refractivity contribution in [2.75, 3.05) is 32.7 Å². The van der Waals surface area contributed by atoms with Crippen LogP contribution in [0.4, 0.5) is 0 Å². The van der Waals surface area contributed by atoms with Crippen LogP contribution < -0.4 is 5.73 Å². The van der Waals surface area contributed by atoms with Crippen molar-refractivity contribution in [2.24, 2.45) is 5.73 Å². The minimum absolute atomic E-state index is 0.315. The summed E-state index contributed by atoms with van der Waals surface area (Å²) < 4.78 is 0. The van der Waals surface area contributed by atoms with E-state index in [1.165, 1.54) is 6.54 Å². The second-order valence-corrected chi connectivity index (χ2v) is 4.41. The summed E-state index contributed by atoms with van der Waals surface area (Å²) in [6.07, 6.45) is 1.76. The Morgan fingerprint density at radius 2 is 2.20 bits per heavy atom. The molecule has 4 nitrogen and oxygen atoms in total. The first kappa shape index (κ1) is 12.5. The first-order valence-corrected chi connectivity index (χ1v) is 5.92. The summed E-state index contributed by atoms with van der Waals surface area (Å²) in [5.74, 6) is 0.315. The Kier molecular flexibility index (Phi) is 5.05. The maximum Gasteiger partial charge on any atom is 0.0905 e. The molecule has 0 aromatic rings. The van der Waals surface area contributed by atoms with Gasteiger partial charge < -0.3 is 10.6 Å². The van der Waals surface area contributed by atoms with Gasteiger partial charge in [-0.25, -0.2) is 0 Å². The fraction of sp³-hybridized carbons (Fsp3) is 0.909. The highest BCUT2D eigenvalue weighted by Gasteiger charge is 2.21. The number of nitrogens with two attached hydrogens (primary N) is 1. The van der Waals surface area contributed by atoms with Crippen LogP contribution in [0, 0.1) is 5.41 Å². The zero-order chi connectivity index (χ0) is 11.3. The standard InChI is InChI=1S/C11H24N4/c1-3-15-8-7-14(9-10(15)2)6-4-5-11(12)13/h10H,3-9H2,1-2H3,(H3,12,13). The molecule has 1 fully saturated rings. The van der Waals surface area contributed by atoms with Crippen molar-refractivity contribution in [3.63, 3.8) is 0 Å². The highest BCUT2D eigenvalue weighted by atomic mass is 15.3. The van der Waals surface area contributed by atoms with Gasteiger partial charge in [-0.05, 0) is 26.4 Å². The van der Waals surface area contributed by atoms with Crippen molar-refractivity contribution >= 4 is 5.84 Å². The van der Waals surface area contributed by atoms with Gasteiger partial charge in [0.1, 0.15) is 0 Å². The highest BCUT2D eigenvalue weighted by Crippen LogP contribution is 2.09. The maximum atomic E-state index is 7.16. The zero-order valence-corrected chi connectivity index (χ0v) is 10.00. The van der Waals surface area contributed by atoms with Crippen LogP contribution in [0.25, 0.3) is 0 Å². The first-order valence-electron chi connectivity index (χ1n) is 5.92. The van der Waals surface area contributed by atoms with E-state index in [4.69, 9.17) is 11.1 Å². The zero-order valence-electron chi connectivity index (χ0n) is 10.00. The lowest BCUT2D eigenvalue weighted by Crippen LogP contribution is -2.51. The normalized spacial score (nSPS) is 24.3. The van der Waals surface area contributed by atoms with E-state index in [1.807, 2.05) is 0 Å². The molecule has 0 bridgehead atoms. The summed E-state index contributed by atoms with van der Waals surface area (Å²) in [5.41, 5.74) is 5.34. The second kappa shape index (κ2) is 6.08. The molecule has 0 saturated carbocycles. The van der Waals surface area contributed by atoms with Crippen molar-refractivity contribution < 1.29 is 0 Å². The monoisotopic (exact) mass is 212 g/mol. The molecule has 0 amide bonds. The van der Waals surface area contributed by atoms with Gasteiger partial charge in [0, 0.05) is 32.1 Å². The van der Waals surface area contributed by atoms with Gasteiger partial charge in [-0.2, -0.15) is 0 Å². The Morgan fingerprint density at radius 3 is 2.73 bits per heavy atom. The minimum atomic E-state index is 0.315. The predicted molar refractivity (Wildman–Crippen MR) is 64.3 cm³/mol. The number of hydrogen-bond acceptors (Lipinski definition) is 3. The van der Waals surface area contributed by atoms with Crippen LogP contribution in [0.2, 0.25) is 0 Å². The van der Waals surface area contributed by atoms with Crippen LogP contribution >= 0.6 is 0 Å². The van der Waals surface area contributed by atoms with Gasteiger partial charge in [0.25, 0.3) is 0 Å². The fourth-order valence-electron chi connectivity index (χ4n) is 2.24. The van der Waals surface area contributed by atoms with Crippen LogP contribution in [0.5, 0.6) is 0 Å². The van der Waals surface area contributed by atoms with Gasteiger partial charge in [0.2, 0.25) is 0 Å². The molecule has 1 aliphatic rings. The summed E-state index contributed by atoms with van der Waals surface area (Å²) in [6, 6.07) is 0.668. The summed E-state index contributed by atoms with van der Waals surface area (Å²) in [6.45, 7) is 10.3. The average Bonchev–Trinajstić information content (AvgIpc) is 2.17. The molecule has 1 rings (SSSR count). The van der Waals surface area contributed by atoms with E-state index in [9.17, 15) is 0 Å². The number of amidine groups is 1. The van der Waals surface area contributed by atoms with E-state index in [0.717, 1.165) is 39.0 Å². The Morgan fingerprint density at radius 1 is 1.47 bits per heavy atom. The van der Waals surface area contributed by atoms with Gasteiger partial charge in [-0.1, -0.05) is 6.92 Å². The van der Waals surface area contributed by atoms with E-state index in [0.29, 0.717) is 11.9 Å². The van der Waals surface area contributed by atoms with Crippen molar-refractivity contribution in [2.45, 2.75) is 32.7 Å². The van der Waals surface area contributed by atoms with Crippen LogP contribution in [0.1, 0.15) is 26.7 Å². The Bertz CT molecular complexity index is 205. The molecule has 15 heavy (non-hydrogen) atoms. The number of nitrogens with one attached hydrogen (secondary N) is 1. The summed E-state index contributed by atoms with van der Waals surface area (Å²) >= 11 is 0. The van der Waals surface area contributed by atoms with Crippen LogP contribution in [0.15, 0.2) is 0 Å². The minimum Gasteiger partial charge on any atom is -0.388 e. The van der Waals surface area contributed by atoms with Crippen LogP contribution in [-0.4, -0.2) is 54.4 Å². The molecule has 1 aliphatic heterocycles. The smallest absolute Gasteiger partial charge is 0.0905 e. The Labute approximate surface area is 92.9 Å². The first-order chi connectivity index (χ1) is 7.13. The third kappa shape index (κ3) is 4.18. The third-order valence-electron chi connectivity index (χ3n) is 3.18. The third-order valence-corrected chi connectivity index (χ3v) is 3.18. The molecule has 0 spiro atoms. The number of rotatable bonds is 5. The summed E-state index contributed by atoms with van der Waals surface area (Å²) in [4.78, 5) is 5.00. The number of likely N-dealkylation sites (N-methyl/N-ethyl adjacent to an activating group) is 1. The molecule has 1 atom stereocenters. The Balaban J connectivity index is 2.20. The van der Waals surface area contributed by atoms with Gasteiger partial charge in [0.15, 0.2) is 0 Å². The topological polar surface area (TPSA) is 56.4 Å². The molecule has 0 radical (unpaired) electrons. The second-order valence-electron chi connectivity index (χ2n) is 4.41. The van der Waals surface area contributed by atoms with Gasteiger partial charge >= 0.3 is 0 Å². The number of nitrogens with zero attached hydrogens (tertiary/aromatic N) is 2. The molecule has 1 saturated heterocycles. The molecule has 4 heteroatoms. The SMILES string of the molecule is CCN1CCN(CCCC(=N)N)CC1C. The lowest BCUT2D eigenvalue weighted by atomic mass is 10.1. The predicted octanol–water partition coefficient (Wildman–Crippen LogP) is 0.729. The fourth-order valence-corrected chi connectivity index (χ4v) is 2.24. The molecule has 1 unspecified atom stereocenters. The lowest BCUT2D eigenvalue weighted by Gasteiger charge is -2.39. The highest BCUT2D eigenvalue weighted by molar-refractivity contribution is 5.76. The van der Waals surface area contributed by atoms with Gasteiger partial charge in [0.05, 0.1) is 5.84 Å². The number of hydrogen-bond donors (Lipinski definition) is 2. The molecule has 0 aliphatic carbocycles. The molecule has 0 aromatic heterocycles. The lowest BCUT2D eigenvalue weighted by molar-refractivity contribution is 0.0877. The molecular formula is C11H24N4. The summed E-state index contributed by atoms with van der Waals surface area (Å²) in [7, 11) is 0. The van der Waals surface area contributed by atoms with E-state index < -0.39 is 0 Å². The van der Waals surface area contributed by atoms with Crippen molar-refractivity contribution in [1.29, 1.82) is 5.41 Å². The average molecular weight is 212 g/mol. The van der Waals surface area contributed by atoms with E-state index in [-0.39, 0.29) is 0 Å². The van der Waals surface area contributed by atoms with Crippen molar-refractivity contribution in [1.82, 2.24) is 9.80 Å². The number of piperazine rings is 1. The molecular weight excluding hydrogens is 188 g/mol. The van der Waals surface area contributed by atoms with E-state index in [1.54, 1.807) is 0 Å². The summed E-state index contributed by atoms with van der Waals surface area (Å²) in [5, 5.41) is 7.16. The van der Waals surface area contributed by atoms with Gasteiger partial charge in [-0.15, -0.1) is 0 Å². The molecule has 0 aromatic carbocycles. The van der Waals surface area contributed by atoms with Crippen LogP contribution in [0.3, 0.4) is 0 Å². The molecule has 1 heterocycles. The van der Waals surface area contributed by atoms with E-state index >= 15 is 0 Å². The largest absolute Gasteiger partial charge is 0.388 e. The van der Waals surface area contributed by atoms with E-state index in [2.05, 4.69) is 23.6 Å². The van der Waals surface area contributed by atoms with Crippen LogP contribution in [-0.2, 0) is 0 Å². The maximum absolute atomic E-state index is 7.16. The molecule has 88 valence electrons. The van der Waals surface area contributed by atoms with Crippen molar-refractivity contribution in [3.8, 4) is 0 Å². The van der Waals surface area contributed by atoms with Gasteiger partial charge in [-0.3, -0.25) is 10.3 Å².